The van der Waals surface area contributed by atoms with Gasteiger partial charge in [0.05, 0.1) is 6.67 Å². The van der Waals surface area contributed by atoms with Crippen molar-refractivity contribution in [3.63, 3.8) is 0 Å². The molecule has 0 aliphatic heterocycles. The molecule has 2 aromatic heterocycles. The van der Waals surface area contributed by atoms with Crippen molar-refractivity contribution < 1.29 is 9.05 Å². The Labute approximate surface area is 203 Å². The van der Waals surface area contributed by atoms with Crippen LogP contribution < -0.4 is 32.4 Å². The summed E-state index contributed by atoms with van der Waals surface area (Å²) in [7, 11) is 0. The van der Waals surface area contributed by atoms with Gasteiger partial charge in [0.15, 0.2) is 10.2 Å². The Kier molecular flexibility index (Phi) is 9.71. The van der Waals surface area contributed by atoms with Crippen LogP contribution in [0.1, 0.15) is 52.1 Å². The van der Waals surface area contributed by atoms with E-state index in [1.54, 1.807) is 0 Å². The second kappa shape index (κ2) is 12.0. The van der Waals surface area contributed by atoms with Crippen LogP contribution in [0.2, 0.25) is 0 Å². The predicted octanol–water partition coefficient (Wildman–Crippen LogP) is 1.75. The van der Waals surface area contributed by atoms with Crippen molar-refractivity contribution in [3.8, 4) is 0 Å². The van der Waals surface area contributed by atoms with Gasteiger partial charge in [-0.1, -0.05) is 27.7 Å². The number of aromatic nitrogens is 2. The van der Waals surface area contributed by atoms with E-state index in [0.29, 0.717) is 54.3 Å². The van der Waals surface area contributed by atoms with Crippen LogP contribution in [0.4, 0.5) is 0 Å². The molecule has 33 heavy (non-hydrogen) atoms. The van der Waals surface area contributed by atoms with Crippen LogP contribution in [0.15, 0.2) is 30.8 Å². The summed E-state index contributed by atoms with van der Waals surface area (Å²) >= 11 is 10.6. The van der Waals surface area contributed by atoms with Gasteiger partial charge in [-0.15, -0.1) is 0 Å². The van der Waals surface area contributed by atoms with E-state index in [4.69, 9.17) is 33.5 Å². The molecule has 0 aromatic carbocycles. The largest absolute Gasteiger partial charge is 0.384 e. The van der Waals surface area contributed by atoms with Crippen molar-refractivity contribution in [3.05, 3.63) is 44.4 Å². The summed E-state index contributed by atoms with van der Waals surface area (Å²) in [6.45, 7) is 10.2. The van der Waals surface area contributed by atoms with Crippen LogP contribution in [-0.2, 0) is 12.8 Å². The van der Waals surface area contributed by atoms with Crippen LogP contribution in [0.5, 0.6) is 0 Å². The Bertz CT molecular complexity index is 940. The summed E-state index contributed by atoms with van der Waals surface area (Å²) in [5.41, 5.74) is -0.547. The molecule has 0 radical (unpaired) electrons. The smallest absolute Gasteiger partial charge is 0.280 e. The number of rotatable bonds is 12. The van der Waals surface area contributed by atoms with Crippen LogP contribution in [0.3, 0.4) is 0 Å². The predicted molar refractivity (Wildman–Crippen MR) is 135 cm³/mol. The highest BCUT2D eigenvalue weighted by Crippen LogP contribution is 2.25. The first-order valence-corrected chi connectivity index (χ1v) is 11.6. The van der Waals surface area contributed by atoms with Crippen LogP contribution in [-0.4, -0.2) is 40.3 Å². The third-order valence-electron chi connectivity index (χ3n) is 5.13. The first kappa shape index (κ1) is 26.7. The van der Waals surface area contributed by atoms with E-state index < -0.39 is 0 Å². The number of nitrogens with one attached hydrogen (secondary N) is 6. The van der Waals surface area contributed by atoms with Crippen LogP contribution >= 0.6 is 24.4 Å². The minimum Gasteiger partial charge on any atom is -0.384 e. The molecule has 2 aromatic rings. The molecular formula is C21H34N6O4S2. The van der Waals surface area contributed by atoms with Gasteiger partial charge in [-0.05, 0) is 48.1 Å². The van der Waals surface area contributed by atoms with Gasteiger partial charge in [-0.3, -0.25) is 9.59 Å². The molecule has 0 atom stereocenters. The van der Waals surface area contributed by atoms with Gasteiger partial charge in [0, 0.05) is 38.1 Å². The Balaban J connectivity index is 1.55. The summed E-state index contributed by atoms with van der Waals surface area (Å²) in [5.74, 6) is 1.30. The quantitative estimate of drug-likeness (QED) is 0.189. The first-order chi connectivity index (χ1) is 15.4. The van der Waals surface area contributed by atoms with Crippen LogP contribution in [0, 0.1) is 10.8 Å². The number of hydrogen-bond acceptors (Lipinski definition) is 6. The monoisotopic (exact) mass is 498 g/mol. The molecular weight excluding hydrogens is 464 g/mol. The van der Waals surface area contributed by atoms with Gasteiger partial charge in [-0.25, -0.2) is 0 Å². The normalized spacial score (nSPS) is 11.8. The summed E-state index contributed by atoms with van der Waals surface area (Å²) in [6.07, 6.45) is 3.01. The lowest BCUT2D eigenvalue weighted by Crippen LogP contribution is -2.46. The summed E-state index contributed by atoms with van der Waals surface area (Å²) in [4.78, 5) is 22.4. The van der Waals surface area contributed by atoms with Crippen molar-refractivity contribution in [1.29, 1.82) is 0 Å². The molecule has 6 N–H and O–H groups in total. The van der Waals surface area contributed by atoms with Gasteiger partial charge < -0.3 is 30.3 Å². The lowest BCUT2D eigenvalue weighted by Gasteiger charge is -2.24. The highest BCUT2D eigenvalue weighted by atomic mass is 32.1. The maximum atomic E-state index is 11.2. The molecule has 0 saturated carbocycles. The molecule has 0 spiro atoms. The van der Waals surface area contributed by atoms with Crippen molar-refractivity contribution >= 4 is 34.7 Å². The minimum atomic E-state index is -0.223. The fourth-order valence-electron chi connectivity index (χ4n) is 3.29. The second-order valence-electron chi connectivity index (χ2n) is 9.58. The van der Waals surface area contributed by atoms with E-state index in [0.717, 1.165) is 12.8 Å². The maximum absolute atomic E-state index is 11.2. The minimum absolute atomic E-state index is 0.0509. The molecule has 0 fully saturated rings. The first-order valence-electron chi connectivity index (χ1n) is 10.8. The van der Waals surface area contributed by atoms with Crippen molar-refractivity contribution in [2.24, 2.45) is 10.8 Å². The Hall–Kier alpha value is -2.60. The molecule has 0 aliphatic carbocycles. The topological polar surface area (TPSA) is 140 Å². The lowest BCUT2D eigenvalue weighted by molar-refractivity contribution is 0.282. The highest BCUT2D eigenvalue weighted by Gasteiger charge is 2.21. The van der Waals surface area contributed by atoms with Crippen molar-refractivity contribution in [2.75, 3.05) is 19.8 Å². The number of H-pyrrole nitrogens is 2. The summed E-state index contributed by atoms with van der Waals surface area (Å²) in [5, 5.41) is 18.2. The van der Waals surface area contributed by atoms with Gasteiger partial charge in [0.1, 0.15) is 11.5 Å². The fourth-order valence-corrected chi connectivity index (χ4v) is 3.64. The van der Waals surface area contributed by atoms with E-state index >= 15 is 0 Å². The maximum Gasteiger partial charge on any atom is 0.280 e. The molecule has 0 unspecified atom stereocenters. The van der Waals surface area contributed by atoms with Gasteiger partial charge in [0.2, 0.25) is 0 Å². The Morgan fingerprint density at radius 2 is 1.18 bits per heavy atom. The fraction of sp³-hybridized carbons (Fsp3) is 0.619. The zero-order chi connectivity index (χ0) is 24.5. The highest BCUT2D eigenvalue weighted by molar-refractivity contribution is 7.80. The Morgan fingerprint density at radius 1 is 0.788 bits per heavy atom. The third kappa shape index (κ3) is 10.7. The molecule has 2 rings (SSSR count). The van der Waals surface area contributed by atoms with Crippen molar-refractivity contribution in [2.45, 2.75) is 53.4 Å². The zero-order valence-electron chi connectivity index (χ0n) is 19.6. The van der Waals surface area contributed by atoms with Gasteiger partial charge >= 0.3 is 0 Å². The van der Waals surface area contributed by atoms with E-state index in [-0.39, 0.29) is 21.9 Å². The number of thiocarbonyl (C=S) groups is 2. The molecule has 0 amide bonds. The van der Waals surface area contributed by atoms with E-state index in [1.807, 2.05) is 0 Å². The standard InChI is InChI=1S/C21H34N6O4S2/c1-20(2,11-14-9-16(28)26-30-14)5-7-22-18(32)24-13-25-19(33)23-8-6-21(3,4)12-15-10-17(29)27-31-15/h9-10H,5-8,11-13H2,1-4H3,(H,26,28)(H,27,29)(H2,22,24,32)(H2,23,25,33). The average molecular weight is 499 g/mol. The van der Waals surface area contributed by atoms with E-state index in [1.165, 1.54) is 12.1 Å². The number of aromatic amines is 2. The summed E-state index contributed by atoms with van der Waals surface area (Å²) < 4.78 is 10.3. The van der Waals surface area contributed by atoms with Gasteiger partial charge in [-0.2, -0.15) is 10.3 Å². The second-order valence-corrected chi connectivity index (χ2v) is 10.4. The van der Waals surface area contributed by atoms with E-state index in [9.17, 15) is 9.59 Å². The molecule has 10 nitrogen and oxygen atoms in total. The summed E-state index contributed by atoms with van der Waals surface area (Å²) in [6, 6.07) is 2.96. The van der Waals surface area contributed by atoms with Gasteiger partial charge in [0.25, 0.3) is 11.1 Å². The molecule has 0 bridgehead atoms. The molecule has 2 heterocycles. The van der Waals surface area contributed by atoms with Crippen LogP contribution in [0.25, 0.3) is 0 Å². The SMILES string of the molecule is CC(C)(CCNC(=S)NCNC(=S)NCCC(C)(C)Cc1cc(=O)[nH]o1)Cc1cc(=O)[nH]o1. The van der Waals surface area contributed by atoms with E-state index in [2.05, 4.69) is 59.3 Å². The Morgan fingerprint density at radius 3 is 1.52 bits per heavy atom. The lowest BCUT2D eigenvalue weighted by atomic mass is 9.85. The molecule has 12 heteroatoms. The third-order valence-corrected chi connectivity index (χ3v) is 5.71. The molecule has 0 saturated heterocycles. The molecule has 0 aliphatic rings. The zero-order valence-corrected chi connectivity index (χ0v) is 21.2. The average Bonchev–Trinajstić information content (AvgIpc) is 3.28. The molecule has 184 valence electrons. The number of hydrogen-bond donors (Lipinski definition) is 6. The van der Waals surface area contributed by atoms with Crippen molar-refractivity contribution in [1.82, 2.24) is 31.6 Å².